The number of hydrogen-bond donors (Lipinski definition) is 2. The molecule has 0 unspecified atom stereocenters. The Hall–Kier alpha value is -1.11. The largest absolute Gasteiger partial charge is 0.355 e. The van der Waals surface area contributed by atoms with E-state index in [0.29, 0.717) is 0 Å². The van der Waals surface area contributed by atoms with Crippen molar-refractivity contribution in [3.63, 3.8) is 0 Å². The lowest BCUT2D eigenvalue weighted by Crippen LogP contribution is -2.44. The van der Waals surface area contributed by atoms with Gasteiger partial charge in [0.05, 0.1) is 0 Å². The van der Waals surface area contributed by atoms with Crippen LogP contribution < -0.4 is 10.0 Å². The number of carbonyl (C=O) groups is 1. The molecule has 1 atom stereocenters. The summed E-state index contributed by atoms with van der Waals surface area (Å²) in [5.74, 6) is 0.155. The minimum Gasteiger partial charge on any atom is -0.355 e. The summed E-state index contributed by atoms with van der Waals surface area (Å²) in [5, 5.41) is 3.09. The number of hydrogen-bond acceptors (Lipinski definition) is 5. The topological polar surface area (TPSA) is 57.3 Å². The first-order valence-corrected chi connectivity index (χ1v) is 9.66. The average molecular weight is 351 g/mol. The van der Waals surface area contributed by atoms with Crippen LogP contribution in [0.25, 0.3) is 0 Å². The van der Waals surface area contributed by atoms with Gasteiger partial charge in [-0.3, -0.25) is 9.78 Å². The molecule has 24 heavy (non-hydrogen) atoms. The van der Waals surface area contributed by atoms with Gasteiger partial charge in [-0.25, -0.2) is 9.03 Å². The van der Waals surface area contributed by atoms with Gasteiger partial charge in [-0.05, 0) is 57.6 Å². The van der Waals surface area contributed by atoms with Crippen LogP contribution in [0.4, 0.5) is 0 Å². The molecule has 1 amide bonds. The lowest BCUT2D eigenvalue weighted by molar-refractivity contribution is -0.124. The molecule has 6 heteroatoms. The molecule has 1 aromatic rings. The van der Waals surface area contributed by atoms with Gasteiger partial charge in [-0.2, -0.15) is 0 Å². The number of nitrogens with one attached hydrogen (secondary N) is 2. The van der Waals surface area contributed by atoms with Gasteiger partial charge < -0.3 is 5.32 Å². The van der Waals surface area contributed by atoms with Crippen molar-refractivity contribution in [2.75, 3.05) is 13.1 Å². The molecule has 1 fully saturated rings. The number of nitrogens with zero attached hydrogens (tertiary/aromatic N) is 2. The van der Waals surface area contributed by atoms with Gasteiger partial charge in [0, 0.05) is 43.2 Å². The summed E-state index contributed by atoms with van der Waals surface area (Å²) in [6.07, 6.45) is 8.63. The molecule has 1 aliphatic rings. The fourth-order valence-corrected chi connectivity index (χ4v) is 3.59. The van der Waals surface area contributed by atoms with Crippen molar-refractivity contribution in [2.45, 2.75) is 64.5 Å². The number of pyridine rings is 1. The Balaban J connectivity index is 1.70. The summed E-state index contributed by atoms with van der Waals surface area (Å²) in [7, 11) is 0. The first kappa shape index (κ1) is 19.2. The molecule has 134 valence electrons. The van der Waals surface area contributed by atoms with Crippen molar-refractivity contribution in [2.24, 2.45) is 0 Å². The maximum absolute atomic E-state index is 12.5. The highest BCUT2D eigenvalue weighted by molar-refractivity contribution is 7.95. The molecule has 1 saturated heterocycles. The van der Waals surface area contributed by atoms with Crippen LogP contribution in [0.15, 0.2) is 24.5 Å². The third-order valence-corrected chi connectivity index (χ3v) is 5.81. The highest BCUT2D eigenvalue weighted by atomic mass is 32.2. The molecule has 1 aromatic heterocycles. The zero-order valence-electron chi connectivity index (χ0n) is 15.0. The van der Waals surface area contributed by atoms with Crippen molar-refractivity contribution < 1.29 is 4.79 Å². The van der Waals surface area contributed by atoms with Crippen LogP contribution in [0, 0.1) is 0 Å². The van der Waals surface area contributed by atoms with E-state index in [1.807, 2.05) is 12.3 Å². The van der Waals surface area contributed by atoms with Gasteiger partial charge >= 0.3 is 0 Å². The Kier molecular flexibility index (Phi) is 7.52. The van der Waals surface area contributed by atoms with Crippen molar-refractivity contribution >= 4 is 18.0 Å². The van der Waals surface area contributed by atoms with E-state index in [4.69, 9.17) is 0 Å². The Bertz CT molecular complexity index is 509. The van der Waals surface area contributed by atoms with Crippen LogP contribution in [0.1, 0.15) is 52.0 Å². The second-order valence-electron chi connectivity index (χ2n) is 6.99. The van der Waals surface area contributed by atoms with Crippen molar-refractivity contribution in [3.05, 3.63) is 30.1 Å². The Morgan fingerprint density at radius 2 is 2.33 bits per heavy atom. The second kappa shape index (κ2) is 9.39. The molecule has 5 nitrogen and oxygen atoms in total. The summed E-state index contributed by atoms with van der Waals surface area (Å²) >= 11 is 1.60. The molecule has 0 saturated carbocycles. The summed E-state index contributed by atoms with van der Waals surface area (Å²) in [6.45, 7) is 8.22. The lowest BCUT2D eigenvalue weighted by atomic mass is 10.0. The van der Waals surface area contributed by atoms with Crippen LogP contribution in [0.2, 0.25) is 0 Å². The van der Waals surface area contributed by atoms with Crippen LogP contribution in [-0.2, 0) is 11.2 Å². The standard InChI is InChI=1S/C18H30N4OS/c1-4-18(2,3)21-24-22-13-7-10-16(22)17(23)20-12-6-9-15-8-5-11-19-14-15/h5,8,11,14,16,21H,4,6-7,9-10,12-13H2,1-3H3,(H,20,23)/t16-/m0/s1. The van der Waals surface area contributed by atoms with Crippen LogP contribution in [0.5, 0.6) is 0 Å². The van der Waals surface area contributed by atoms with Crippen molar-refractivity contribution in [1.82, 2.24) is 19.3 Å². The SMILES string of the molecule is CCC(C)(C)NSN1CCC[C@H]1C(=O)NCCCc1cccnc1. The number of aromatic nitrogens is 1. The molecule has 0 aromatic carbocycles. The van der Waals surface area contributed by atoms with Gasteiger partial charge in [-0.15, -0.1) is 0 Å². The quantitative estimate of drug-likeness (QED) is 0.530. The summed E-state index contributed by atoms with van der Waals surface area (Å²) in [4.78, 5) is 16.6. The molecular weight excluding hydrogens is 320 g/mol. The molecule has 2 rings (SSSR count). The first-order chi connectivity index (χ1) is 11.5. The van der Waals surface area contributed by atoms with Crippen molar-refractivity contribution in [1.29, 1.82) is 0 Å². The molecule has 2 heterocycles. The lowest BCUT2D eigenvalue weighted by Gasteiger charge is -2.29. The third kappa shape index (κ3) is 6.07. The maximum atomic E-state index is 12.5. The van der Waals surface area contributed by atoms with Gasteiger partial charge in [0.1, 0.15) is 6.04 Å². The molecule has 2 N–H and O–H groups in total. The summed E-state index contributed by atoms with van der Waals surface area (Å²) in [6, 6.07) is 4.01. The fourth-order valence-electron chi connectivity index (χ4n) is 2.53. The first-order valence-electron chi connectivity index (χ1n) is 8.89. The highest BCUT2D eigenvalue weighted by Crippen LogP contribution is 2.26. The van der Waals surface area contributed by atoms with Gasteiger partial charge in [0.2, 0.25) is 5.91 Å². The molecule has 0 bridgehead atoms. The van der Waals surface area contributed by atoms with E-state index < -0.39 is 0 Å². The molecule has 1 aliphatic heterocycles. The zero-order valence-corrected chi connectivity index (χ0v) is 15.9. The Labute approximate surface area is 150 Å². The second-order valence-corrected chi connectivity index (χ2v) is 7.84. The van der Waals surface area contributed by atoms with E-state index in [-0.39, 0.29) is 17.5 Å². The maximum Gasteiger partial charge on any atom is 0.238 e. The van der Waals surface area contributed by atoms with Crippen LogP contribution in [0.3, 0.4) is 0 Å². The van der Waals surface area contributed by atoms with Crippen LogP contribution >= 0.6 is 12.1 Å². The highest BCUT2D eigenvalue weighted by Gasteiger charge is 2.32. The predicted molar refractivity (Wildman–Crippen MR) is 100 cm³/mol. The minimum absolute atomic E-state index is 0.0199. The minimum atomic E-state index is -0.0199. The fraction of sp³-hybridized carbons (Fsp3) is 0.667. The van der Waals surface area contributed by atoms with Crippen molar-refractivity contribution in [3.8, 4) is 0 Å². The van der Waals surface area contributed by atoms with Gasteiger partial charge in [0.15, 0.2) is 0 Å². The molecule has 0 spiro atoms. The molecule has 0 radical (unpaired) electrons. The van der Waals surface area contributed by atoms with Crippen LogP contribution in [-0.4, -0.2) is 39.9 Å². The zero-order chi connectivity index (χ0) is 17.4. The molecular formula is C18H30N4OS. The number of amides is 1. The Morgan fingerprint density at radius 3 is 3.04 bits per heavy atom. The van der Waals surface area contributed by atoms with E-state index in [1.165, 1.54) is 5.56 Å². The predicted octanol–water partition coefficient (Wildman–Crippen LogP) is 2.94. The smallest absolute Gasteiger partial charge is 0.238 e. The van der Waals surface area contributed by atoms with E-state index >= 15 is 0 Å². The normalized spacial score (nSPS) is 18.7. The van der Waals surface area contributed by atoms with E-state index in [9.17, 15) is 4.79 Å². The average Bonchev–Trinajstić information content (AvgIpc) is 3.06. The summed E-state index contributed by atoms with van der Waals surface area (Å²) < 4.78 is 5.67. The number of carbonyl (C=O) groups excluding carboxylic acids is 1. The van der Waals surface area contributed by atoms with E-state index in [1.54, 1.807) is 18.3 Å². The van der Waals surface area contributed by atoms with E-state index in [2.05, 4.69) is 46.2 Å². The summed E-state index contributed by atoms with van der Waals surface area (Å²) in [5.41, 5.74) is 1.30. The third-order valence-electron chi connectivity index (χ3n) is 4.49. The van der Waals surface area contributed by atoms with E-state index in [0.717, 1.165) is 45.2 Å². The number of aryl methyl sites for hydroxylation is 1. The van der Waals surface area contributed by atoms with Gasteiger partial charge in [0.25, 0.3) is 0 Å². The van der Waals surface area contributed by atoms with Gasteiger partial charge in [-0.1, -0.05) is 13.0 Å². The monoisotopic (exact) mass is 350 g/mol. The Morgan fingerprint density at radius 1 is 1.50 bits per heavy atom. The molecule has 0 aliphatic carbocycles. The number of rotatable bonds is 9.